The molecule has 0 bridgehead atoms. The van der Waals surface area contributed by atoms with Gasteiger partial charge in [0.15, 0.2) is 22.5 Å². The molecular formula is C24H24N6O3S. The average molecular weight is 477 g/mol. The molecule has 34 heavy (non-hydrogen) atoms. The number of ether oxygens (including phenoxy) is 2. The Kier molecular flexibility index (Phi) is 5.97. The molecule has 4 aromatic rings. The summed E-state index contributed by atoms with van der Waals surface area (Å²) < 4.78 is 14.4. The molecule has 0 spiro atoms. The molecule has 1 aliphatic rings. The lowest BCUT2D eigenvalue weighted by Crippen LogP contribution is -2.24. The van der Waals surface area contributed by atoms with Gasteiger partial charge in [0.2, 0.25) is 12.7 Å². The maximum absolute atomic E-state index is 12.4. The van der Waals surface area contributed by atoms with Gasteiger partial charge in [-0.05, 0) is 24.6 Å². The van der Waals surface area contributed by atoms with Crippen molar-refractivity contribution in [2.75, 3.05) is 12.5 Å². The van der Waals surface area contributed by atoms with Crippen molar-refractivity contribution in [3.8, 4) is 34.1 Å². The second-order valence-corrected chi connectivity index (χ2v) is 8.99. The lowest BCUT2D eigenvalue weighted by Gasteiger charge is -2.07. The molecule has 0 radical (unpaired) electrons. The van der Waals surface area contributed by atoms with Crippen molar-refractivity contribution in [2.24, 2.45) is 14.1 Å². The Labute approximate surface area is 201 Å². The molecule has 0 fully saturated rings. The summed E-state index contributed by atoms with van der Waals surface area (Å²) in [5.41, 5.74) is 4.89. The van der Waals surface area contributed by atoms with E-state index in [1.807, 2.05) is 43.1 Å². The second kappa shape index (κ2) is 9.22. The summed E-state index contributed by atoms with van der Waals surface area (Å²) in [6, 6.07) is 13.9. The van der Waals surface area contributed by atoms with Gasteiger partial charge in [-0.25, -0.2) is 0 Å². The fourth-order valence-electron chi connectivity index (χ4n) is 3.68. The maximum atomic E-state index is 12.4. The van der Waals surface area contributed by atoms with E-state index in [1.54, 1.807) is 4.68 Å². The van der Waals surface area contributed by atoms with Crippen molar-refractivity contribution in [2.45, 2.75) is 18.6 Å². The smallest absolute Gasteiger partial charge is 0.231 e. The largest absolute Gasteiger partial charge is 0.454 e. The molecule has 0 aliphatic carbocycles. The maximum Gasteiger partial charge on any atom is 0.231 e. The minimum Gasteiger partial charge on any atom is -0.454 e. The van der Waals surface area contributed by atoms with Gasteiger partial charge in [-0.15, -0.1) is 10.2 Å². The van der Waals surface area contributed by atoms with E-state index in [4.69, 9.17) is 9.47 Å². The summed E-state index contributed by atoms with van der Waals surface area (Å²) in [7, 11) is 3.78. The van der Waals surface area contributed by atoms with Crippen LogP contribution in [0, 0.1) is 6.92 Å². The fourth-order valence-corrected chi connectivity index (χ4v) is 4.43. The number of amides is 1. The number of aryl methyl sites for hydroxylation is 2. The number of hydrogen-bond acceptors (Lipinski definition) is 7. The van der Waals surface area contributed by atoms with E-state index >= 15 is 0 Å². The zero-order chi connectivity index (χ0) is 23.7. The zero-order valence-corrected chi connectivity index (χ0v) is 19.9. The van der Waals surface area contributed by atoms with Gasteiger partial charge < -0.3 is 19.4 Å². The van der Waals surface area contributed by atoms with Crippen LogP contribution in [0.1, 0.15) is 11.1 Å². The Morgan fingerprint density at radius 1 is 1.09 bits per heavy atom. The van der Waals surface area contributed by atoms with Crippen LogP contribution in [0.25, 0.3) is 22.6 Å². The predicted molar refractivity (Wildman–Crippen MR) is 129 cm³/mol. The highest BCUT2D eigenvalue weighted by atomic mass is 32.2. The topological polar surface area (TPSA) is 96.1 Å². The van der Waals surface area contributed by atoms with Crippen molar-refractivity contribution >= 4 is 17.7 Å². The van der Waals surface area contributed by atoms with E-state index < -0.39 is 0 Å². The first kappa shape index (κ1) is 22.0. The van der Waals surface area contributed by atoms with Gasteiger partial charge in [0.25, 0.3) is 0 Å². The van der Waals surface area contributed by atoms with Gasteiger partial charge in [0, 0.05) is 32.4 Å². The number of benzene rings is 2. The number of nitrogens with zero attached hydrogens (tertiary/aromatic N) is 5. The molecular weight excluding hydrogens is 452 g/mol. The Morgan fingerprint density at radius 3 is 2.71 bits per heavy atom. The molecule has 0 atom stereocenters. The van der Waals surface area contributed by atoms with Crippen molar-refractivity contribution in [1.29, 1.82) is 0 Å². The third-order valence-electron chi connectivity index (χ3n) is 5.49. The molecule has 3 heterocycles. The normalized spacial score (nSPS) is 12.2. The molecule has 0 saturated carbocycles. The van der Waals surface area contributed by atoms with Crippen LogP contribution in [0.3, 0.4) is 0 Å². The zero-order valence-electron chi connectivity index (χ0n) is 19.1. The van der Waals surface area contributed by atoms with E-state index in [0.29, 0.717) is 23.3 Å². The van der Waals surface area contributed by atoms with Crippen molar-refractivity contribution in [3.63, 3.8) is 0 Å². The van der Waals surface area contributed by atoms with Gasteiger partial charge in [0.1, 0.15) is 5.69 Å². The van der Waals surface area contributed by atoms with E-state index in [0.717, 1.165) is 28.1 Å². The van der Waals surface area contributed by atoms with E-state index in [9.17, 15) is 4.79 Å². The number of nitrogens with one attached hydrogen (secondary N) is 1. The first-order valence-corrected chi connectivity index (χ1v) is 11.7. The highest BCUT2D eigenvalue weighted by Gasteiger charge is 2.19. The number of fused-ring (bicyclic) bond motifs is 1. The van der Waals surface area contributed by atoms with E-state index in [2.05, 4.69) is 51.8 Å². The van der Waals surface area contributed by atoms with Crippen LogP contribution < -0.4 is 14.8 Å². The molecule has 2 aromatic carbocycles. The molecule has 0 unspecified atom stereocenters. The number of carbonyl (C=O) groups excluding carboxylic acids is 1. The summed E-state index contributed by atoms with van der Waals surface area (Å²) in [5, 5.41) is 16.9. The molecule has 10 heteroatoms. The van der Waals surface area contributed by atoms with Crippen LogP contribution in [0.15, 0.2) is 53.8 Å². The van der Waals surface area contributed by atoms with Gasteiger partial charge in [-0.2, -0.15) is 5.10 Å². The first-order valence-electron chi connectivity index (χ1n) is 10.8. The first-order chi connectivity index (χ1) is 16.5. The third-order valence-corrected chi connectivity index (χ3v) is 6.51. The Hall–Kier alpha value is -3.79. The third kappa shape index (κ3) is 4.49. The van der Waals surface area contributed by atoms with E-state index in [1.165, 1.54) is 17.3 Å². The second-order valence-electron chi connectivity index (χ2n) is 8.05. The summed E-state index contributed by atoms with van der Waals surface area (Å²) in [5.74, 6) is 2.27. The minimum absolute atomic E-state index is 0.0889. The molecule has 5 rings (SSSR count). The van der Waals surface area contributed by atoms with Crippen LogP contribution in [-0.4, -0.2) is 43.0 Å². The van der Waals surface area contributed by atoms with Crippen LogP contribution in [0.5, 0.6) is 11.5 Å². The van der Waals surface area contributed by atoms with Gasteiger partial charge in [-0.1, -0.05) is 47.7 Å². The molecule has 1 aliphatic heterocycles. The van der Waals surface area contributed by atoms with Crippen LogP contribution in [-0.2, 0) is 25.4 Å². The summed E-state index contributed by atoms with van der Waals surface area (Å²) in [6.45, 7) is 2.70. The van der Waals surface area contributed by atoms with Gasteiger partial charge in [-0.3, -0.25) is 9.48 Å². The molecule has 1 N–H and O–H groups in total. The Bertz CT molecular complexity index is 1350. The monoisotopic (exact) mass is 476 g/mol. The summed E-state index contributed by atoms with van der Waals surface area (Å²) in [4.78, 5) is 12.4. The van der Waals surface area contributed by atoms with Crippen molar-refractivity contribution in [3.05, 3.63) is 59.8 Å². The molecule has 2 aromatic heterocycles. The van der Waals surface area contributed by atoms with Crippen molar-refractivity contribution in [1.82, 2.24) is 29.9 Å². The molecule has 0 saturated heterocycles. The predicted octanol–water partition coefficient (Wildman–Crippen LogP) is 3.33. The Balaban J connectivity index is 1.24. The van der Waals surface area contributed by atoms with Gasteiger partial charge >= 0.3 is 0 Å². The molecule has 1 amide bonds. The van der Waals surface area contributed by atoms with Crippen LogP contribution in [0.4, 0.5) is 0 Å². The fraction of sp³-hybridized carbons (Fsp3) is 0.250. The highest BCUT2D eigenvalue weighted by Crippen LogP contribution is 2.33. The number of rotatable bonds is 7. The van der Waals surface area contributed by atoms with Crippen LogP contribution in [0.2, 0.25) is 0 Å². The minimum atomic E-state index is -0.0889. The Morgan fingerprint density at radius 2 is 1.88 bits per heavy atom. The number of hydrogen-bond donors (Lipinski definition) is 1. The number of thioether (sulfide) groups is 1. The average Bonchev–Trinajstić information content (AvgIpc) is 3.55. The SMILES string of the molecule is Cc1ccc(-c2nn(C)cc2-c2nnc(SCC(=O)NCc3ccc4c(c3)OCO4)n2C)cc1. The lowest BCUT2D eigenvalue weighted by molar-refractivity contribution is -0.118. The summed E-state index contributed by atoms with van der Waals surface area (Å²) >= 11 is 1.34. The summed E-state index contributed by atoms with van der Waals surface area (Å²) in [6.07, 6.45) is 1.94. The van der Waals surface area contributed by atoms with Gasteiger partial charge in [0.05, 0.1) is 11.3 Å². The standard InChI is InChI=1S/C24H24N6O3S/c1-15-4-7-17(8-5-15)22-18(12-29(2)28-22)23-26-27-24(30(23)3)34-13-21(31)25-11-16-6-9-19-20(10-16)33-14-32-19/h4-10,12H,11,13-14H2,1-3H3,(H,25,31). The number of aromatic nitrogens is 5. The van der Waals surface area contributed by atoms with Crippen molar-refractivity contribution < 1.29 is 14.3 Å². The quantitative estimate of drug-likeness (QED) is 0.409. The lowest BCUT2D eigenvalue weighted by atomic mass is 10.1. The molecule has 9 nitrogen and oxygen atoms in total. The molecule has 174 valence electrons. The van der Waals surface area contributed by atoms with E-state index in [-0.39, 0.29) is 18.5 Å². The number of carbonyl (C=O) groups is 1. The van der Waals surface area contributed by atoms with Crippen LogP contribution >= 0.6 is 11.8 Å². The highest BCUT2D eigenvalue weighted by molar-refractivity contribution is 7.99.